The molecular formula is C11H16BrN3. The van der Waals surface area contributed by atoms with Crippen LogP contribution in [0.4, 0.5) is 5.82 Å². The maximum absolute atomic E-state index is 4.40. The van der Waals surface area contributed by atoms with Gasteiger partial charge in [0.05, 0.1) is 5.69 Å². The number of nitrogens with zero attached hydrogens (tertiary/aromatic N) is 3. The Balaban J connectivity index is 2.04. The number of hydrogen-bond acceptors (Lipinski definition) is 3. The van der Waals surface area contributed by atoms with E-state index >= 15 is 0 Å². The zero-order valence-electron chi connectivity index (χ0n) is 8.99. The second-order valence-electron chi connectivity index (χ2n) is 4.05. The lowest BCUT2D eigenvalue weighted by Gasteiger charge is -2.32. The summed E-state index contributed by atoms with van der Waals surface area (Å²) >= 11 is 3.56. The van der Waals surface area contributed by atoms with E-state index in [-0.39, 0.29) is 0 Å². The van der Waals surface area contributed by atoms with Crippen molar-refractivity contribution in [1.82, 2.24) is 9.97 Å². The number of aromatic nitrogens is 2. The van der Waals surface area contributed by atoms with Gasteiger partial charge in [-0.05, 0) is 25.7 Å². The third-order valence-electron chi connectivity index (χ3n) is 2.99. The molecule has 0 N–H and O–H groups in total. The van der Waals surface area contributed by atoms with Crippen molar-refractivity contribution in [2.24, 2.45) is 5.92 Å². The summed E-state index contributed by atoms with van der Waals surface area (Å²) in [6.07, 6.45) is 6.03. The molecule has 1 aromatic rings. The maximum Gasteiger partial charge on any atom is 0.150 e. The fraction of sp³-hybridized carbons (Fsp3) is 0.636. The second kappa shape index (κ2) is 4.92. The Kier molecular flexibility index (Phi) is 3.57. The molecule has 4 heteroatoms. The monoisotopic (exact) mass is 269 g/mol. The number of piperidine rings is 1. The van der Waals surface area contributed by atoms with Crippen molar-refractivity contribution < 1.29 is 0 Å². The minimum Gasteiger partial charge on any atom is -0.355 e. The molecule has 0 bridgehead atoms. The van der Waals surface area contributed by atoms with Crippen LogP contribution in [0.1, 0.15) is 18.5 Å². The molecule has 3 nitrogen and oxygen atoms in total. The van der Waals surface area contributed by atoms with Crippen LogP contribution in [0.5, 0.6) is 0 Å². The van der Waals surface area contributed by atoms with E-state index in [2.05, 4.69) is 30.8 Å². The number of anilines is 1. The number of hydrogen-bond donors (Lipinski definition) is 0. The molecule has 15 heavy (non-hydrogen) atoms. The third-order valence-corrected chi connectivity index (χ3v) is 3.90. The van der Waals surface area contributed by atoms with Gasteiger partial charge in [-0.1, -0.05) is 15.9 Å². The number of halogens is 1. The highest BCUT2D eigenvalue weighted by Gasteiger charge is 2.20. The van der Waals surface area contributed by atoms with Gasteiger partial charge < -0.3 is 4.90 Å². The van der Waals surface area contributed by atoms with Crippen molar-refractivity contribution in [1.29, 1.82) is 0 Å². The first-order chi connectivity index (χ1) is 7.31. The molecule has 1 aliphatic rings. The largest absolute Gasteiger partial charge is 0.355 e. The van der Waals surface area contributed by atoms with Crippen molar-refractivity contribution in [3.63, 3.8) is 0 Å². The highest BCUT2D eigenvalue weighted by Crippen LogP contribution is 2.23. The summed E-state index contributed by atoms with van der Waals surface area (Å²) < 4.78 is 0. The van der Waals surface area contributed by atoms with Gasteiger partial charge in [-0.3, -0.25) is 4.98 Å². The van der Waals surface area contributed by atoms with E-state index in [1.165, 1.54) is 12.8 Å². The van der Waals surface area contributed by atoms with Crippen LogP contribution in [0.2, 0.25) is 0 Å². The van der Waals surface area contributed by atoms with Gasteiger partial charge in [-0.15, -0.1) is 0 Å². The SMILES string of the molecule is Cc1nccnc1N1CCC(CBr)CC1. The molecule has 0 atom stereocenters. The van der Waals surface area contributed by atoms with E-state index in [1.54, 1.807) is 12.4 Å². The summed E-state index contributed by atoms with van der Waals surface area (Å²) in [6, 6.07) is 0. The Morgan fingerprint density at radius 2 is 2.00 bits per heavy atom. The van der Waals surface area contributed by atoms with E-state index in [9.17, 15) is 0 Å². The van der Waals surface area contributed by atoms with Crippen molar-refractivity contribution >= 4 is 21.7 Å². The van der Waals surface area contributed by atoms with Gasteiger partial charge in [-0.2, -0.15) is 0 Å². The van der Waals surface area contributed by atoms with Gasteiger partial charge in [-0.25, -0.2) is 4.98 Å². The van der Waals surface area contributed by atoms with Gasteiger partial charge in [0.25, 0.3) is 0 Å². The van der Waals surface area contributed by atoms with Crippen LogP contribution in [-0.4, -0.2) is 28.4 Å². The molecule has 1 fully saturated rings. The van der Waals surface area contributed by atoms with Gasteiger partial charge in [0.1, 0.15) is 5.82 Å². The van der Waals surface area contributed by atoms with Crippen LogP contribution >= 0.6 is 15.9 Å². The molecule has 1 aliphatic heterocycles. The van der Waals surface area contributed by atoms with Gasteiger partial charge in [0.2, 0.25) is 0 Å². The molecule has 0 unspecified atom stereocenters. The standard InChI is InChI=1S/C11H16BrN3/c1-9-11(14-5-4-13-9)15-6-2-10(8-12)3-7-15/h4-5,10H,2-3,6-8H2,1H3. The molecule has 2 heterocycles. The van der Waals surface area contributed by atoms with Crippen LogP contribution in [0.3, 0.4) is 0 Å². The Bertz CT molecular complexity index is 321. The normalized spacial score (nSPS) is 18.1. The fourth-order valence-corrected chi connectivity index (χ4v) is 2.66. The summed E-state index contributed by atoms with van der Waals surface area (Å²) in [5.41, 5.74) is 1.04. The van der Waals surface area contributed by atoms with Crippen molar-refractivity contribution in [3.8, 4) is 0 Å². The van der Waals surface area contributed by atoms with E-state index < -0.39 is 0 Å². The number of aryl methyl sites for hydroxylation is 1. The molecule has 0 aliphatic carbocycles. The van der Waals surface area contributed by atoms with E-state index in [0.29, 0.717) is 0 Å². The summed E-state index contributed by atoms with van der Waals surface area (Å²) in [6.45, 7) is 4.24. The maximum atomic E-state index is 4.40. The minimum absolute atomic E-state index is 0.832. The highest BCUT2D eigenvalue weighted by atomic mass is 79.9. The van der Waals surface area contributed by atoms with Crippen LogP contribution < -0.4 is 4.90 Å². The van der Waals surface area contributed by atoms with E-state index in [4.69, 9.17) is 0 Å². The Morgan fingerprint density at radius 3 is 2.60 bits per heavy atom. The number of alkyl halides is 1. The lowest BCUT2D eigenvalue weighted by Crippen LogP contribution is -2.35. The fourth-order valence-electron chi connectivity index (χ4n) is 2.01. The van der Waals surface area contributed by atoms with Crippen LogP contribution in [0.25, 0.3) is 0 Å². The first-order valence-corrected chi connectivity index (χ1v) is 6.52. The van der Waals surface area contributed by atoms with Gasteiger partial charge in [0.15, 0.2) is 0 Å². The van der Waals surface area contributed by atoms with Gasteiger partial charge in [0, 0.05) is 30.8 Å². The van der Waals surface area contributed by atoms with Crippen LogP contribution in [0, 0.1) is 12.8 Å². The topological polar surface area (TPSA) is 29.0 Å². The summed E-state index contributed by atoms with van der Waals surface area (Å²) in [5, 5.41) is 1.13. The molecule has 0 spiro atoms. The Morgan fingerprint density at radius 1 is 1.33 bits per heavy atom. The average Bonchev–Trinajstić information content (AvgIpc) is 2.30. The lowest BCUT2D eigenvalue weighted by atomic mass is 9.99. The smallest absolute Gasteiger partial charge is 0.150 e. The summed E-state index contributed by atoms with van der Waals surface area (Å²) in [7, 11) is 0. The first kappa shape index (κ1) is 10.9. The summed E-state index contributed by atoms with van der Waals surface area (Å²) in [4.78, 5) is 11.0. The Hall–Kier alpha value is -0.640. The molecule has 2 rings (SSSR count). The molecule has 0 radical (unpaired) electrons. The first-order valence-electron chi connectivity index (χ1n) is 5.40. The highest BCUT2D eigenvalue weighted by molar-refractivity contribution is 9.09. The zero-order valence-corrected chi connectivity index (χ0v) is 10.6. The molecule has 1 aromatic heterocycles. The quantitative estimate of drug-likeness (QED) is 0.773. The lowest BCUT2D eigenvalue weighted by molar-refractivity contribution is 0.444. The predicted molar refractivity (Wildman–Crippen MR) is 65.5 cm³/mol. The molecule has 0 saturated carbocycles. The average molecular weight is 270 g/mol. The van der Waals surface area contributed by atoms with E-state index in [0.717, 1.165) is 35.8 Å². The molecule has 82 valence electrons. The van der Waals surface area contributed by atoms with E-state index in [1.807, 2.05) is 6.92 Å². The molecule has 0 aromatic carbocycles. The van der Waals surface area contributed by atoms with Crippen molar-refractivity contribution in [2.45, 2.75) is 19.8 Å². The van der Waals surface area contributed by atoms with Crippen molar-refractivity contribution in [3.05, 3.63) is 18.1 Å². The van der Waals surface area contributed by atoms with Crippen molar-refractivity contribution in [2.75, 3.05) is 23.3 Å². The minimum atomic E-state index is 0.832. The molecule has 0 amide bonds. The molecular weight excluding hydrogens is 254 g/mol. The predicted octanol–water partition coefficient (Wildman–Crippen LogP) is 2.40. The molecule has 1 saturated heterocycles. The summed E-state index contributed by atoms with van der Waals surface area (Å²) in [5.74, 6) is 1.89. The van der Waals surface area contributed by atoms with Crippen LogP contribution in [0.15, 0.2) is 12.4 Å². The number of rotatable bonds is 2. The van der Waals surface area contributed by atoms with Gasteiger partial charge >= 0.3 is 0 Å². The second-order valence-corrected chi connectivity index (χ2v) is 4.70. The Labute approximate surface area is 99.0 Å². The van der Waals surface area contributed by atoms with Crippen LogP contribution in [-0.2, 0) is 0 Å². The zero-order chi connectivity index (χ0) is 10.7. The third kappa shape index (κ3) is 2.48.